The number of aryl methyl sites for hydroxylation is 1. The van der Waals surface area contributed by atoms with Crippen molar-refractivity contribution >= 4 is 33.2 Å². The minimum atomic E-state index is -0.821. The molecule has 0 aromatic carbocycles. The highest BCUT2D eigenvalue weighted by atomic mass is 32.1. The lowest BCUT2D eigenvalue weighted by atomic mass is 9.63. The zero-order valence-corrected chi connectivity index (χ0v) is 28.0. The first kappa shape index (κ1) is 29.8. The van der Waals surface area contributed by atoms with Gasteiger partial charge in [0.25, 0.3) is 0 Å². The van der Waals surface area contributed by atoms with Gasteiger partial charge < -0.3 is 25.2 Å². The van der Waals surface area contributed by atoms with E-state index in [1.807, 2.05) is 13.1 Å². The molecule has 0 unspecified atom stereocenters. The number of nitrogen functional groups attached to an aromatic ring is 1. The molecule has 12 heteroatoms. The Morgan fingerprint density at radius 2 is 1.98 bits per heavy atom. The zero-order chi connectivity index (χ0) is 32.0. The third-order valence-corrected chi connectivity index (χ3v) is 12.5. The van der Waals surface area contributed by atoms with Crippen LogP contribution in [0.2, 0.25) is 0 Å². The molecule has 46 heavy (non-hydrogen) atoms. The fourth-order valence-electron chi connectivity index (χ4n) is 9.02. The van der Waals surface area contributed by atoms with E-state index in [0.29, 0.717) is 34.7 Å². The summed E-state index contributed by atoms with van der Waals surface area (Å²) in [6.07, 6.45) is 11.3. The summed E-state index contributed by atoms with van der Waals surface area (Å²) in [6, 6.07) is 3.09. The molecule has 5 atom stereocenters. The number of rotatable bonds is 4. The van der Waals surface area contributed by atoms with Gasteiger partial charge in [0.1, 0.15) is 16.9 Å². The topological polar surface area (TPSA) is 146 Å². The number of aliphatic hydroxyl groups is 1. The predicted molar refractivity (Wildman–Crippen MR) is 178 cm³/mol. The highest BCUT2D eigenvalue weighted by Crippen LogP contribution is 2.55. The van der Waals surface area contributed by atoms with Crippen molar-refractivity contribution in [2.45, 2.75) is 114 Å². The highest BCUT2D eigenvalue weighted by molar-refractivity contribution is 7.16. The zero-order valence-electron chi connectivity index (χ0n) is 27.2. The molecule has 4 aromatic heterocycles. The minimum absolute atomic E-state index is 0.117. The van der Waals surface area contributed by atoms with E-state index in [0.717, 1.165) is 98.1 Å². The van der Waals surface area contributed by atoms with Crippen LogP contribution in [0, 0.1) is 11.3 Å². The predicted octanol–water partition coefficient (Wildman–Crippen LogP) is 5.35. The Balaban J connectivity index is 1.31. The Bertz CT molecular complexity index is 1860. The monoisotopic (exact) mass is 641 g/mol. The molecule has 11 nitrogen and oxygen atoms in total. The highest BCUT2D eigenvalue weighted by Gasteiger charge is 2.49. The molecule has 0 amide bonds. The molecule has 2 aliphatic carbocycles. The molecule has 4 aromatic rings. The Morgan fingerprint density at radius 1 is 1.17 bits per heavy atom. The fraction of sp³-hybridized carbons (Fsp3) is 0.618. The third kappa shape index (κ3) is 4.42. The van der Waals surface area contributed by atoms with Gasteiger partial charge in [0.2, 0.25) is 0 Å². The maximum absolute atomic E-state index is 11.2. The second kappa shape index (κ2) is 10.8. The van der Waals surface area contributed by atoms with Crippen LogP contribution in [0.5, 0.6) is 0 Å². The first-order valence-corrected chi connectivity index (χ1v) is 17.7. The van der Waals surface area contributed by atoms with Crippen LogP contribution in [0.25, 0.3) is 22.6 Å². The lowest BCUT2D eigenvalue weighted by Gasteiger charge is -2.42. The van der Waals surface area contributed by atoms with Crippen molar-refractivity contribution in [3.8, 4) is 17.6 Å². The van der Waals surface area contributed by atoms with Crippen LogP contribution in [-0.2, 0) is 18.3 Å². The molecule has 8 rings (SSSR count). The molecule has 0 bridgehead atoms. The molecule has 4 aliphatic rings. The molecular formula is C34H43N9O2S. The Labute approximate surface area is 273 Å². The van der Waals surface area contributed by atoms with Crippen molar-refractivity contribution < 1.29 is 9.63 Å². The van der Waals surface area contributed by atoms with Crippen molar-refractivity contribution in [3.05, 3.63) is 33.5 Å². The molecule has 1 spiro atoms. The number of hydrogen-bond acceptors (Lipinski definition) is 11. The van der Waals surface area contributed by atoms with Crippen LogP contribution in [0.15, 0.2) is 10.7 Å². The number of hydrogen-bond donors (Lipinski definition) is 2. The number of anilines is 2. The van der Waals surface area contributed by atoms with Crippen molar-refractivity contribution in [3.63, 3.8) is 0 Å². The standard InChI is InChI=1S/C34H43N9O2S/c1-19-11-14-33(3,44)18-42(19)31-23-17-37-43(20(2)24-9-7-15-41(24)4)32(23)39-30(38-31)27-21-8-5-12-34(28(21)45-40-27)13-6-10-25-26(34)22(16-35)29(36)46-25/h17,19-20,24,44H,5-15,18,36H2,1-4H3/t19-,20-,24-,33+,34-/m0/s1. The van der Waals surface area contributed by atoms with Crippen molar-refractivity contribution in [1.29, 1.82) is 5.26 Å². The van der Waals surface area contributed by atoms with Crippen LogP contribution >= 0.6 is 11.3 Å². The molecule has 2 aliphatic heterocycles. The van der Waals surface area contributed by atoms with E-state index in [4.69, 9.17) is 30.5 Å². The maximum atomic E-state index is 11.2. The summed E-state index contributed by atoms with van der Waals surface area (Å²) in [4.78, 5) is 16.3. The normalized spacial score (nSPS) is 28.8. The van der Waals surface area contributed by atoms with Gasteiger partial charge in [0.05, 0.1) is 34.2 Å². The van der Waals surface area contributed by atoms with Gasteiger partial charge >= 0.3 is 0 Å². The number of piperidine rings is 1. The number of nitriles is 1. The number of β-amino-alcohol motifs (C(OH)–C–C–N with tert-alkyl or cyclic N) is 1. The van der Waals surface area contributed by atoms with Gasteiger partial charge in [-0.3, -0.25) is 0 Å². The van der Waals surface area contributed by atoms with E-state index < -0.39 is 11.0 Å². The number of aromatic nitrogens is 5. The number of likely N-dealkylation sites (N-methyl/N-ethyl adjacent to an activating group) is 1. The van der Waals surface area contributed by atoms with Crippen LogP contribution < -0.4 is 10.6 Å². The van der Waals surface area contributed by atoms with Gasteiger partial charge in [-0.2, -0.15) is 10.4 Å². The van der Waals surface area contributed by atoms with E-state index in [1.54, 1.807) is 11.3 Å². The van der Waals surface area contributed by atoms with Gasteiger partial charge in [-0.15, -0.1) is 11.3 Å². The number of nitrogens with two attached hydrogens (primary N) is 1. The van der Waals surface area contributed by atoms with Gasteiger partial charge in [-0.1, -0.05) is 5.16 Å². The lowest BCUT2D eigenvalue weighted by molar-refractivity contribution is 0.0377. The first-order valence-electron chi connectivity index (χ1n) is 16.9. The first-order chi connectivity index (χ1) is 22.1. The summed E-state index contributed by atoms with van der Waals surface area (Å²) in [5.74, 6) is 2.15. The minimum Gasteiger partial charge on any atom is -0.389 e. The second-order valence-corrected chi connectivity index (χ2v) is 15.7. The summed E-state index contributed by atoms with van der Waals surface area (Å²) in [5.41, 5.74) is 9.29. The average molecular weight is 642 g/mol. The maximum Gasteiger partial charge on any atom is 0.186 e. The molecule has 3 N–H and O–H groups in total. The molecule has 2 saturated heterocycles. The van der Waals surface area contributed by atoms with Gasteiger partial charge in [-0.05, 0) is 104 Å². The fourth-order valence-corrected chi connectivity index (χ4v) is 10.2. The SMILES string of the molecule is C[C@H]1CC[C@@](C)(O)CN1c1nc(-c2noc3c2CCC[C@@]32CCCc3sc(N)c(C#N)c32)nc2c1cnn2[C@@H](C)[C@@H]1CCCN1C. The molecule has 0 radical (unpaired) electrons. The van der Waals surface area contributed by atoms with Crippen molar-refractivity contribution in [2.24, 2.45) is 0 Å². The molecular weight excluding hydrogens is 599 g/mol. The lowest BCUT2D eigenvalue weighted by Crippen LogP contribution is -2.50. The number of nitrogens with zero attached hydrogens (tertiary/aromatic N) is 8. The van der Waals surface area contributed by atoms with Crippen LogP contribution in [0.3, 0.4) is 0 Å². The van der Waals surface area contributed by atoms with E-state index in [9.17, 15) is 10.4 Å². The summed E-state index contributed by atoms with van der Waals surface area (Å²) >= 11 is 1.55. The summed E-state index contributed by atoms with van der Waals surface area (Å²) in [6.45, 7) is 7.90. The van der Waals surface area contributed by atoms with E-state index in [1.165, 1.54) is 11.3 Å². The third-order valence-electron chi connectivity index (χ3n) is 11.4. The molecule has 6 heterocycles. The average Bonchev–Trinajstić information content (AvgIpc) is 3.83. The van der Waals surface area contributed by atoms with E-state index in [-0.39, 0.29) is 12.1 Å². The smallest absolute Gasteiger partial charge is 0.186 e. The molecule has 242 valence electrons. The number of fused-ring (bicyclic) bond motifs is 5. The summed E-state index contributed by atoms with van der Waals surface area (Å²) < 4.78 is 8.42. The Kier molecular flexibility index (Phi) is 6.98. The van der Waals surface area contributed by atoms with E-state index >= 15 is 0 Å². The second-order valence-electron chi connectivity index (χ2n) is 14.5. The number of likely N-dealkylation sites (tertiary alicyclic amines) is 1. The van der Waals surface area contributed by atoms with Crippen LogP contribution in [0.1, 0.15) is 106 Å². The Morgan fingerprint density at radius 3 is 2.74 bits per heavy atom. The van der Waals surface area contributed by atoms with Crippen LogP contribution in [0.4, 0.5) is 10.8 Å². The van der Waals surface area contributed by atoms with Crippen molar-refractivity contribution in [1.82, 2.24) is 29.8 Å². The van der Waals surface area contributed by atoms with Gasteiger partial charge in [0, 0.05) is 29.1 Å². The molecule has 2 fully saturated rings. The van der Waals surface area contributed by atoms with Crippen LogP contribution in [-0.4, -0.2) is 72.7 Å². The van der Waals surface area contributed by atoms with E-state index in [2.05, 4.69) is 41.4 Å². The summed E-state index contributed by atoms with van der Waals surface area (Å²) in [7, 11) is 2.19. The number of thiophene rings is 1. The summed E-state index contributed by atoms with van der Waals surface area (Å²) in [5, 5.41) is 32.5. The largest absolute Gasteiger partial charge is 0.389 e. The quantitative estimate of drug-likeness (QED) is 0.299. The van der Waals surface area contributed by atoms with Crippen molar-refractivity contribution in [2.75, 3.05) is 30.8 Å². The Hall–Kier alpha value is -3.53. The van der Waals surface area contributed by atoms with Gasteiger partial charge in [-0.25, -0.2) is 14.6 Å². The molecule has 0 saturated carbocycles. The van der Waals surface area contributed by atoms with Gasteiger partial charge in [0.15, 0.2) is 22.9 Å².